The van der Waals surface area contributed by atoms with E-state index in [0.717, 1.165) is 6.42 Å². The van der Waals surface area contributed by atoms with Crippen molar-refractivity contribution in [1.82, 2.24) is 0 Å². The number of methoxy groups -OCH3 is 1. The Labute approximate surface area is 66.1 Å². The van der Waals surface area contributed by atoms with E-state index in [4.69, 9.17) is 26.4 Å². The van der Waals surface area contributed by atoms with Crippen LogP contribution in [0.25, 0.3) is 0 Å². The molecule has 0 spiro atoms. The van der Waals surface area contributed by atoms with Crippen molar-refractivity contribution in [3.63, 3.8) is 0 Å². The summed E-state index contributed by atoms with van der Waals surface area (Å²) in [6.07, 6.45) is 1.31. The van der Waals surface area contributed by atoms with Gasteiger partial charge in [0.25, 0.3) is 0 Å². The summed E-state index contributed by atoms with van der Waals surface area (Å²) in [5.74, 6) is 0. The van der Waals surface area contributed by atoms with Crippen LogP contribution in [0.5, 0.6) is 0 Å². The second-order valence-corrected chi connectivity index (χ2v) is 2.63. The van der Waals surface area contributed by atoms with Gasteiger partial charge in [-0.2, -0.15) is 0 Å². The summed E-state index contributed by atoms with van der Waals surface area (Å²) in [6.45, 7) is 0.607. The predicted octanol–water partition coefficient (Wildman–Crippen LogP) is 0.0324. The maximum Gasteiger partial charge on any atom is 0.470 e. The molecule has 0 aromatic rings. The van der Waals surface area contributed by atoms with Crippen molar-refractivity contribution < 1.29 is 14.8 Å². The van der Waals surface area contributed by atoms with Gasteiger partial charge in [0.2, 0.25) is 0 Å². The van der Waals surface area contributed by atoms with Crippen LogP contribution in [0.1, 0.15) is 12.8 Å². The van der Waals surface area contributed by atoms with Crippen LogP contribution in [0.2, 0.25) is 0 Å². The van der Waals surface area contributed by atoms with Crippen LogP contribution in [0.4, 0.5) is 0 Å². The minimum absolute atomic E-state index is 0.563. The van der Waals surface area contributed by atoms with E-state index in [0.29, 0.717) is 13.0 Å². The minimum Gasteiger partial charge on any atom is -0.426 e. The lowest BCUT2D eigenvalue weighted by Crippen LogP contribution is -2.26. The Morgan fingerprint density at radius 2 is 2.20 bits per heavy atom. The van der Waals surface area contributed by atoms with E-state index < -0.39 is 12.4 Å². The monoisotopic (exact) mass is 166 g/mol. The van der Waals surface area contributed by atoms with Gasteiger partial charge in [0.15, 0.2) is 0 Å². The second kappa shape index (κ2) is 5.98. The highest BCUT2D eigenvalue weighted by Crippen LogP contribution is 2.05. The molecule has 2 N–H and O–H groups in total. The van der Waals surface area contributed by atoms with Gasteiger partial charge in [0, 0.05) is 13.7 Å². The molecule has 60 valence electrons. The molecule has 0 aromatic carbocycles. The lowest BCUT2D eigenvalue weighted by molar-refractivity contribution is 0.193. The maximum atomic E-state index is 8.50. The molecule has 10 heavy (non-hydrogen) atoms. The maximum absolute atomic E-state index is 8.50. The van der Waals surface area contributed by atoms with Crippen LogP contribution in [0, 0.1) is 0 Å². The zero-order valence-electron chi connectivity index (χ0n) is 5.96. The zero-order chi connectivity index (χ0) is 7.98. The fraction of sp³-hybridized carbons (Fsp3) is 1.00. The third kappa shape index (κ3) is 5.05. The number of hydrogen-bond donors (Lipinski definition) is 2. The van der Waals surface area contributed by atoms with Crippen LogP contribution in [0.3, 0.4) is 0 Å². The van der Waals surface area contributed by atoms with E-state index in [1.54, 1.807) is 7.11 Å². The third-order valence-corrected chi connectivity index (χ3v) is 1.60. The smallest absolute Gasteiger partial charge is 0.426 e. The molecule has 0 saturated heterocycles. The summed E-state index contributed by atoms with van der Waals surface area (Å²) in [7, 11) is 0.178. The number of alkyl halides is 1. The van der Waals surface area contributed by atoms with Gasteiger partial charge in [-0.25, -0.2) is 0 Å². The van der Waals surface area contributed by atoms with Crippen molar-refractivity contribution in [3.05, 3.63) is 0 Å². The Bertz CT molecular complexity index is 81.3. The van der Waals surface area contributed by atoms with Crippen molar-refractivity contribution >= 4 is 18.7 Å². The highest BCUT2D eigenvalue weighted by Gasteiger charge is 2.19. The first-order valence-corrected chi connectivity index (χ1v) is 3.61. The van der Waals surface area contributed by atoms with Gasteiger partial charge < -0.3 is 14.8 Å². The van der Waals surface area contributed by atoms with Gasteiger partial charge in [-0.1, -0.05) is 0 Å². The fourth-order valence-electron chi connectivity index (χ4n) is 0.572. The van der Waals surface area contributed by atoms with E-state index in [-0.39, 0.29) is 0 Å². The highest BCUT2D eigenvalue weighted by molar-refractivity contribution is 6.57. The topological polar surface area (TPSA) is 49.7 Å². The molecular weight excluding hydrogens is 154 g/mol. The van der Waals surface area contributed by atoms with Gasteiger partial charge in [-0.3, -0.25) is 0 Å². The molecule has 5 heteroatoms. The first kappa shape index (κ1) is 10.2. The highest BCUT2D eigenvalue weighted by atomic mass is 35.5. The van der Waals surface area contributed by atoms with Gasteiger partial charge >= 0.3 is 7.12 Å². The van der Waals surface area contributed by atoms with Crippen molar-refractivity contribution in [2.24, 2.45) is 0 Å². The summed E-state index contributed by atoms with van der Waals surface area (Å²) in [5.41, 5.74) is 0. The SMILES string of the molecule is COCCC[C@H](Cl)B(O)O. The van der Waals surface area contributed by atoms with E-state index >= 15 is 0 Å². The largest absolute Gasteiger partial charge is 0.470 e. The molecule has 0 aromatic heterocycles. The van der Waals surface area contributed by atoms with E-state index in [9.17, 15) is 0 Å². The Morgan fingerprint density at radius 3 is 2.60 bits per heavy atom. The van der Waals surface area contributed by atoms with Crippen LogP contribution < -0.4 is 0 Å². The second-order valence-electron chi connectivity index (χ2n) is 2.06. The third-order valence-electron chi connectivity index (χ3n) is 1.15. The molecule has 0 fully saturated rings. The Morgan fingerprint density at radius 1 is 1.60 bits per heavy atom. The summed E-state index contributed by atoms with van der Waals surface area (Å²) in [6, 6.07) is 0. The molecule has 0 aliphatic rings. The number of rotatable bonds is 5. The first-order valence-electron chi connectivity index (χ1n) is 3.17. The summed E-state index contributed by atoms with van der Waals surface area (Å²) in [5, 5.41) is 16.4. The fourth-order valence-corrected chi connectivity index (χ4v) is 0.726. The van der Waals surface area contributed by atoms with Crippen LogP contribution in [0.15, 0.2) is 0 Å². The molecule has 3 nitrogen and oxygen atoms in total. The number of hydrogen-bond acceptors (Lipinski definition) is 3. The molecule has 0 aliphatic heterocycles. The van der Waals surface area contributed by atoms with Gasteiger partial charge in [0.05, 0.1) is 5.28 Å². The molecule has 0 aliphatic carbocycles. The van der Waals surface area contributed by atoms with Crippen LogP contribution in [-0.2, 0) is 4.74 Å². The quantitative estimate of drug-likeness (QED) is 0.344. The van der Waals surface area contributed by atoms with Gasteiger partial charge in [-0.05, 0) is 12.8 Å². The average molecular weight is 166 g/mol. The molecule has 0 unspecified atom stereocenters. The van der Waals surface area contributed by atoms with E-state index in [1.165, 1.54) is 0 Å². The molecule has 0 rings (SSSR count). The lowest BCUT2D eigenvalue weighted by Gasteiger charge is -2.05. The van der Waals surface area contributed by atoms with Crippen molar-refractivity contribution in [2.45, 2.75) is 18.1 Å². The number of halogens is 1. The average Bonchev–Trinajstić information content (AvgIpc) is 1.88. The van der Waals surface area contributed by atoms with E-state index in [1.807, 2.05) is 0 Å². The van der Waals surface area contributed by atoms with Crippen molar-refractivity contribution in [2.75, 3.05) is 13.7 Å². The molecule has 0 radical (unpaired) electrons. The standard InChI is InChI=1S/C5H12BClO3/c1-10-4-2-3-5(7)6(8)9/h5,8-9H,2-4H2,1H3/t5-/m0/s1. The normalized spacial score (nSPS) is 13.2. The van der Waals surface area contributed by atoms with Crippen LogP contribution >= 0.6 is 11.6 Å². The van der Waals surface area contributed by atoms with Crippen molar-refractivity contribution in [3.8, 4) is 0 Å². The summed E-state index contributed by atoms with van der Waals surface area (Å²) < 4.78 is 4.75. The Kier molecular flexibility index (Phi) is 6.12. The predicted molar refractivity (Wildman–Crippen MR) is 40.9 cm³/mol. The van der Waals surface area contributed by atoms with Crippen molar-refractivity contribution in [1.29, 1.82) is 0 Å². The Hall–Kier alpha value is 0.235. The Balaban J connectivity index is 3.13. The van der Waals surface area contributed by atoms with E-state index in [2.05, 4.69) is 0 Å². The van der Waals surface area contributed by atoms with Gasteiger partial charge in [-0.15, -0.1) is 11.6 Å². The molecular formula is C5H12BClO3. The minimum atomic E-state index is -1.42. The molecule has 0 bridgehead atoms. The summed E-state index contributed by atoms with van der Waals surface area (Å²) >= 11 is 5.50. The molecule has 0 amide bonds. The first-order chi connectivity index (χ1) is 4.68. The molecule has 0 heterocycles. The summed E-state index contributed by atoms with van der Waals surface area (Å²) in [4.78, 5) is 0. The van der Waals surface area contributed by atoms with Gasteiger partial charge in [0.1, 0.15) is 0 Å². The zero-order valence-corrected chi connectivity index (χ0v) is 6.71. The molecule has 1 atom stereocenters. The lowest BCUT2D eigenvalue weighted by atomic mass is 9.83. The molecule has 0 saturated carbocycles. The van der Waals surface area contributed by atoms with Crippen LogP contribution in [-0.4, -0.2) is 36.2 Å². The number of ether oxygens (including phenoxy) is 1.